The summed E-state index contributed by atoms with van der Waals surface area (Å²) in [5.41, 5.74) is 0.853. The molecule has 1 atom stereocenters. The molecule has 1 aliphatic rings. The number of methoxy groups -OCH3 is 2. The molecule has 0 aliphatic heterocycles. The van der Waals surface area contributed by atoms with Crippen molar-refractivity contribution in [3.63, 3.8) is 0 Å². The van der Waals surface area contributed by atoms with Crippen LogP contribution in [0.2, 0.25) is 0 Å². The van der Waals surface area contributed by atoms with Crippen LogP contribution in [0, 0.1) is 5.41 Å². The van der Waals surface area contributed by atoms with Crippen molar-refractivity contribution in [2.24, 2.45) is 5.41 Å². The minimum Gasteiger partial charge on any atom is -0.496 e. The highest BCUT2D eigenvalue weighted by atomic mass is 16.5. The van der Waals surface area contributed by atoms with Crippen LogP contribution in [0.4, 0.5) is 0 Å². The molecule has 3 heteroatoms. The van der Waals surface area contributed by atoms with Gasteiger partial charge in [0, 0.05) is 11.0 Å². The fraction of sp³-hybridized carbons (Fsp3) is 0.571. The van der Waals surface area contributed by atoms with Gasteiger partial charge in [-0.15, -0.1) is 0 Å². The van der Waals surface area contributed by atoms with E-state index in [0.29, 0.717) is 0 Å². The van der Waals surface area contributed by atoms with E-state index in [-0.39, 0.29) is 17.4 Å². The number of hydrogen-bond acceptors (Lipinski definition) is 3. The molecule has 3 nitrogen and oxygen atoms in total. The van der Waals surface area contributed by atoms with Crippen molar-refractivity contribution in [3.8, 4) is 11.5 Å². The average Bonchev–Trinajstić information content (AvgIpc) is 2.91. The van der Waals surface area contributed by atoms with Gasteiger partial charge in [-0.05, 0) is 24.0 Å². The van der Waals surface area contributed by atoms with Gasteiger partial charge in [-0.25, -0.2) is 0 Å². The largest absolute Gasteiger partial charge is 0.496 e. The molecule has 1 N–H and O–H groups in total. The Bertz CT molecular complexity index is 403. The third-order valence-electron chi connectivity index (χ3n) is 4.09. The zero-order valence-electron chi connectivity index (χ0n) is 10.9. The summed E-state index contributed by atoms with van der Waals surface area (Å²) in [5, 5.41) is 9.77. The van der Waals surface area contributed by atoms with Crippen LogP contribution < -0.4 is 9.47 Å². The molecular formula is C14H20O3. The summed E-state index contributed by atoms with van der Waals surface area (Å²) in [6.07, 6.45) is 0.952. The first kappa shape index (κ1) is 12.2. The first-order valence-corrected chi connectivity index (χ1v) is 5.85. The summed E-state index contributed by atoms with van der Waals surface area (Å²) in [5.74, 6) is 1.59. The van der Waals surface area contributed by atoms with E-state index in [1.54, 1.807) is 14.2 Å². The van der Waals surface area contributed by atoms with Crippen LogP contribution >= 0.6 is 0 Å². The Kier molecular flexibility index (Phi) is 2.82. The molecule has 0 spiro atoms. The predicted octanol–water partition coefficient (Wildman–Crippen LogP) is 2.36. The van der Waals surface area contributed by atoms with E-state index >= 15 is 0 Å². The van der Waals surface area contributed by atoms with Crippen LogP contribution in [-0.4, -0.2) is 25.9 Å². The van der Waals surface area contributed by atoms with E-state index in [4.69, 9.17) is 9.47 Å². The predicted molar refractivity (Wildman–Crippen MR) is 66.7 cm³/mol. The smallest absolute Gasteiger partial charge is 0.126 e. The molecule has 0 heterocycles. The quantitative estimate of drug-likeness (QED) is 0.872. The fourth-order valence-corrected chi connectivity index (χ4v) is 2.81. The van der Waals surface area contributed by atoms with Gasteiger partial charge in [0.15, 0.2) is 0 Å². The summed E-state index contributed by atoms with van der Waals surface area (Å²) >= 11 is 0. The Labute approximate surface area is 102 Å². The Balaban J connectivity index is 2.58. The number of aliphatic hydroxyl groups excluding tert-OH is 1. The summed E-state index contributed by atoms with van der Waals surface area (Å²) in [6, 6.07) is 5.74. The standard InChI is InChI=1S/C14H20O3/c1-13(2)8-14(13,9-15)12-10(16-3)6-5-7-11(12)17-4/h5-7,15H,8-9H2,1-4H3. The number of rotatable bonds is 4. The van der Waals surface area contributed by atoms with Crippen molar-refractivity contribution in [1.29, 1.82) is 0 Å². The lowest BCUT2D eigenvalue weighted by Gasteiger charge is -2.23. The zero-order chi connectivity index (χ0) is 12.7. The maximum Gasteiger partial charge on any atom is 0.126 e. The number of hydrogen-bond donors (Lipinski definition) is 1. The molecule has 2 rings (SSSR count). The molecule has 1 fully saturated rings. The van der Waals surface area contributed by atoms with Crippen LogP contribution in [0.1, 0.15) is 25.8 Å². The molecule has 1 unspecified atom stereocenters. The van der Waals surface area contributed by atoms with Crippen molar-refractivity contribution >= 4 is 0 Å². The molecule has 1 aliphatic carbocycles. The van der Waals surface area contributed by atoms with Crippen LogP contribution in [0.5, 0.6) is 11.5 Å². The molecular weight excluding hydrogens is 216 g/mol. The lowest BCUT2D eigenvalue weighted by atomic mass is 9.87. The van der Waals surface area contributed by atoms with Gasteiger partial charge in [0.2, 0.25) is 0 Å². The Morgan fingerprint density at radius 3 is 1.94 bits per heavy atom. The first-order chi connectivity index (χ1) is 8.02. The van der Waals surface area contributed by atoms with Crippen molar-refractivity contribution in [2.75, 3.05) is 20.8 Å². The maximum atomic E-state index is 9.77. The summed E-state index contributed by atoms with van der Waals surface area (Å²) in [6.45, 7) is 4.45. The van der Waals surface area contributed by atoms with E-state index in [9.17, 15) is 5.11 Å². The number of benzene rings is 1. The van der Waals surface area contributed by atoms with E-state index < -0.39 is 0 Å². The van der Waals surface area contributed by atoms with Gasteiger partial charge in [-0.3, -0.25) is 0 Å². The molecule has 0 bridgehead atoms. The third kappa shape index (κ3) is 1.61. The summed E-state index contributed by atoms with van der Waals surface area (Å²) < 4.78 is 10.8. The van der Waals surface area contributed by atoms with E-state index in [1.165, 1.54) is 0 Å². The number of ether oxygens (including phenoxy) is 2. The van der Waals surface area contributed by atoms with Crippen LogP contribution in [0.3, 0.4) is 0 Å². The molecule has 0 saturated heterocycles. The van der Waals surface area contributed by atoms with Gasteiger partial charge in [0.05, 0.1) is 20.8 Å². The van der Waals surface area contributed by atoms with E-state index in [0.717, 1.165) is 23.5 Å². The lowest BCUT2D eigenvalue weighted by molar-refractivity contribution is 0.224. The van der Waals surface area contributed by atoms with E-state index in [2.05, 4.69) is 13.8 Å². The van der Waals surface area contributed by atoms with Gasteiger partial charge < -0.3 is 14.6 Å². The van der Waals surface area contributed by atoms with E-state index in [1.807, 2.05) is 18.2 Å². The van der Waals surface area contributed by atoms with Crippen molar-refractivity contribution in [3.05, 3.63) is 23.8 Å². The topological polar surface area (TPSA) is 38.7 Å². The highest BCUT2D eigenvalue weighted by molar-refractivity contribution is 5.54. The maximum absolute atomic E-state index is 9.77. The van der Waals surface area contributed by atoms with Gasteiger partial charge in [0.25, 0.3) is 0 Å². The second kappa shape index (κ2) is 3.91. The van der Waals surface area contributed by atoms with Crippen LogP contribution in [-0.2, 0) is 5.41 Å². The fourth-order valence-electron chi connectivity index (χ4n) is 2.81. The molecule has 1 aromatic rings. The van der Waals surface area contributed by atoms with Gasteiger partial charge in [-0.2, -0.15) is 0 Å². The molecule has 1 aromatic carbocycles. The SMILES string of the molecule is COc1cccc(OC)c1C1(CO)CC1(C)C. The lowest BCUT2D eigenvalue weighted by Crippen LogP contribution is -2.21. The summed E-state index contributed by atoms with van der Waals surface area (Å²) in [7, 11) is 3.30. The normalized spacial score (nSPS) is 25.5. The van der Waals surface area contributed by atoms with Crippen molar-refractivity contribution < 1.29 is 14.6 Å². The van der Waals surface area contributed by atoms with Crippen molar-refractivity contribution in [1.82, 2.24) is 0 Å². The summed E-state index contributed by atoms with van der Waals surface area (Å²) in [4.78, 5) is 0. The van der Waals surface area contributed by atoms with Gasteiger partial charge in [-0.1, -0.05) is 19.9 Å². The first-order valence-electron chi connectivity index (χ1n) is 5.85. The highest BCUT2D eigenvalue weighted by Gasteiger charge is 2.63. The monoisotopic (exact) mass is 236 g/mol. The van der Waals surface area contributed by atoms with Crippen molar-refractivity contribution in [2.45, 2.75) is 25.7 Å². The van der Waals surface area contributed by atoms with Crippen LogP contribution in [0.15, 0.2) is 18.2 Å². The molecule has 1 saturated carbocycles. The molecule has 94 valence electrons. The molecule has 0 radical (unpaired) electrons. The minimum absolute atomic E-state index is 0.0870. The average molecular weight is 236 g/mol. The Morgan fingerprint density at radius 2 is 1.65 bits per heavy atom. The second-order valence-corrected chi connectivity index (χ2v) is 5.34. The highest BCUT2D eigenvalue weighted by Crippen LogP contribution is 2.67. The minimum atomic E-state index is -0.231. The molecule has 0 aromatic heterocycles. The van der Waals surface area contributed by atoms with Gasteiger partial charge >= 0.3 is 0 Å². The molecule has 17 heavy (non-hydrogen) atoms. The number of aliphatic hydroxyl groups is 1. The second-order valence-electron chi connectivity index (χ2n) is 5.34. The Morgan fingerprint density at radius 1 is 1.18 bits per heavy atom. The zero-order valence-corrected chi connectivity index (χ0v) is 10.9. The van der Waals surface area contributed by atoms with Gasteiger partial charge in [0.1, 0.15) is 11.5 Å². The van der Waals surface area contributed by atoms with Crippen LogP contribution in [0.25, 0.3) is 0 Å². The third-order valence-corrected chi connectivity index (χ3v) is 4.09. The Hall–Kier alpha value is -1.22. The molecule has 0 amide bonds.